The van der Waals surface area contributed by atoms with E-state index in [2.05, 4.69) is 26.5 Å². The SMILES string of the molecule is CN(Cc1nccn1C)C1CCc2c(sc3ncn(Cc4ccccc4Cl)c(=O)c23)C1. The highest BCUT2D eigenvalue weighted by Crippen LogP contribution is 2.35. The molecule has 0 radical (unpaired) electrons. The summed E-state index contributed by atoms with van der Waals surface area (Å²) in [6.45, 7) is 1.25. The van der Waals surface area contributed by atoms with Gasteiger partial charge in [0.1, 0.15) is 10.7 Å². The van der Waals surface area contributed by atoms with Gasteiger partial charge in [-0.2, -0.15) is 0 Å². The lowest BCUT2D eigenvalue weighted by atomic mass is 9.92. The Morgan fingerprint density at radius 1 is 1.29 bits per heavy atom. The number of thiophene rings is 1. The van der Waals surface area contributed by atoms with Crippen LogP contribution in [0, 0.1) is 0 Å². The fourth-order valence-corrected chi connectivity index (χ4v) is 5.83. The van der Waals surface area contributed by atoms with Crippen molar-refractivity contribution in [2.24, 2.45) is 7.05 Å². The van der Waals surface area contributed by atoms with Crippen LogP contribution in [0.3, 0.4) is 0 Å². The molecule has 1 aromatic carbocycles. The second-order valence-corrected chi connectivity index (χ2v) is 9.71. The summed E-state index contributed by atoms with van der Waals surface area (Å²) in [6, 6.07) is 8.06. The van der Waals surface area contributed by atoms with Gasteiger partial charge < -0.3 is 4.57 Å². The normalized spacial score (nSPS) is 16.2. The first-order chi connectivity index (χ1) is 15.0. The molecule has 0 N–H and O–H groups in total. The Hall–Kier alpha value is -2.48. The molecule has 1 unspecified atom stereocenters. The molecule has 3 aromatic heterocycles. The van der Waals surface area contributed by atoms with Crippen LogP contribution in [-0.4, -0.2) is 37.1 Å². The summed E-state index contributed by atoms with van der Waals surface area (Å²) in [5, 5.41) is 1.46. The molecule has 0 saturated carbocycles. The van der Waals surface area contributed by atoms with Gasteiger partial charge in [-0.1, -0.05) is 29.8 Å². The molecule has 0 aliphatic heterocycles. The van der Waals surface area contributed by atoms with Gasteiger partial charge in [0.15, 0.2) is 0 Å². The van der Waals surface area contributed by atoms with Gasteiger partial charge in [0.05, 0.1) is 24.8 Å². The molecule has 31 heavy (non-hydrogen) atoms. The van der Waals surface area contributed by atoms with Crippen LogP contribution in [0.15, 0.2) is 47.8 Å². The van der Waals surface area contributed by atoms with E-state index in [1.165, 1.54) is 10.4 Å². The van der Waals surface area contributed by atoms with Gasteiger partial charge in [0.2, 0.25) is 0 Å². The average molecular weight is 454 g/mol. The van der Waals surface area contributed by atoms with Crippen molar-refractivity contribution < 1.29 is 0 Å². The van der Waals surface area contributed by atoms with Crippen molar-refractivity contribution in [3.63, 3.8) is 0 Å². The Morgan fingerprint density at radius 2 is 2.13 bits per heavy atom. The summed E-state index contributed by atoms with van der Waals surface area (Å²) < 4.78 is 3.74. The second kappa shape index (κ2) is 8.22. The third-order valence-corrected chi connectivity index (χ3v) is 7.77. The predicted octanol–water partition coefficient (Wildman–Crippen LogP) is 3.88. The van der Waals surface area contributed by atoms with Gasteiger partial charge in [-0.3, -0.25) is 14.3 Å². The number of aromatic nitrogens is 4. The zero-order valence-corrected chi connectivity index (χ0v) is 19.2. The van der Waals surface area contributed by atoms with E-state index in [0.717, 1.165) is 47.4 Å². The maximum absolute atomic E-state index is 13.3. The van der Waals surface area contributed by atoms with Crippen LogP contribution in [0.1, 0.15) is 28.2 Å². The highest BCUT2D eigenvalue weighted by Gasteiger charge is 2.27. The Morgan fingerprint density at radius 3 is 2.90 bits per heavy atom. The van der Waals surface area contributed by atoms with Crippen molar-refractivity contribution in [1.29, 1.82) is 0 Å². The highest BCUT2D eigenvalue weighted by molar-refractivity contribution is 7.18. The molecule has 4 aromatic rings. The van der Waals surface area contributed by atoms with Crippen LogP contribution in [0.4, 0.5) is 0 Å². The van der Waals surface area contributed by atoms with Crippen LogP contribution < -0.4 is 5.56 Å². The van der Waals surface area contributed by atoms with Crippen LogP contribution in [0.5, 0.6) is 0 Å². The van der Waals surface area contributed by atoms with Crippen LogP contribution in [0.25, 0.3) is 10.2 Å². The number of benzene rings is 1. The number of aryl methyl sites for hydroxylation is 2. The predicted molar refractivity (Wildman–Crippen MR) is 125 cm³/mol. The summed E-state index contributed by atoms with van der Waals surface area (Å²) >= 11 is 7.97. The second-order valence-electron chi connectivity index (χ2n) is 8.22. The summed E-state index contributed by atoms with van der Waals surface area (Å²) in [5.41, 5.74) is 2.14. The molecule has 0 bridgehead atoms. The summed E-state index contributed by atoms with van der Waals surface area (Å²) in [7, 11) is 4.19. The van der Waals surface area contributed by atoms with Crippen molar-refractivity contribution in [2.75, 3.05) is 7.05 Å². The molecular weight excluding hydrogens is 430 g/mol. The molecule has 0 amide bonds. The molecule has 6 nitrogen and oxygen atoms in total. The zero-order chi connectivity index (χ0) is 21.5. The molecule has 1 atom stereocenters. The van der Waals surface area contributed by atoms with E-state index < -0.39 is 0 Å². The van der Waals surface area contributed by atoms with E-state index in [9.17, 15) is 4.79 Å². The van der Waals surface area contributed by atoms with E-state index >= 15 is 0 Å². The van der Waals surface area contributed by atoms with Crippen molar-refractivity contribution in [1.82, 2.24) is 24.0 Å². The number of nitrogens with zero attached hydrogens (tertiary/aromatic N) is 5. The third kappa shape index (κ3) is 3.82. The smallest absolute Gasteiger partial charge is 0.262 e. The number of rotatable bonds is 5. The van der Waals surface area contributed by atoms with Gasteiger partial charge >= 0.3 is 0 Å². The van der Waals surface area contributed by atoms with E-state index in [4.69, 9.17) is 11.6 Å². The molecular formula is C23H24ClN5OS. The minimum Gasteiger partial charge on any atom is -0.337 e. The van der Waals surface area contributed by atoms with Crippen LogP contribution in [-0.2, 0) is 33.0 Å². The summed E-state index contributed by atoms with van der Waals surface area (Å²) in [5.74, 6) is 1.06. The molecule has 8 heteroatoms. The zero-order valence-electron chi connectivity index (χ0n) is 17.6. The topological polar surface area (TPSA) is 56.0 Å². The van der Waals surface area contributed by atoms with Gasteiger partial charge in [-0.25, -0.2) is 9.97 Å². The Bertz CT molecular complexity index is 1310. The van der Waals surface area contributed by atoms with Crippen molar-refractivity contribution in [3.8, 4) is 0 Å². The standard InChI is InChI=1S/C23H24ClN5OS/c1-27-10-9-25-20(27)13-28(2)16-7-8-17-19(11-16)31-22-21(17)23(30)29(14-26-22)12-15-5-3-4-6-18(15)24/h3-6,9-10,14,16H,7-8,11-13H2,1-2H3. The minimum atomic E-state index is 0.0298. The average Bonchev–Trinajstić information content (AvgIpc) is 3.34. The number of hydrogen-bond acceptors (Lipinski definition) is 5. The number of likely N-dealkylation sites (N-methyl/N-ethyl adjacent to an activating group) is 1. The number of halogens is 1. The molecule has 5 rings (SSSR count). The minimum absolute atomic E-state index is 0.0298. The van der Waals surface area contributed by atoms with Gasteiger partial charge in [-0.15, -0.1) is 11.3 Å². The lowest BCUT2D eigenvalue weighted by Crippen LogP contribution is -2.36. The molecule has 0 saturated heterocycles. The van der Waals surface area contributed by atoms with E-state index in [1.807, 2.05) is 43.7 Å². The third-order valence-electron chi connectivity index (χ3n) is 6.24. The van der Waals surface area contributed by atoms with E-state index in [-0.39, 0.29) is 5.56 Å². The molecule has 160 valence electrons. The number of fused-ring (bicyclic) bond motifs is 3. The summed E-state index contributed by atoms with van der Waals surface area (Å²) in [6.07, 6.45) is 8.35. The Balaban J connectivity index is 1.42. The maximum atomic E-state index is 13.3. The van der Waals surface area contributed by atoms with Crippen LogP contribution >= 0.6 is 22.9 Å². The van der Waals surface area contributed by atoms with Gasteiger partial charge in [-0.05, 0) is 43.5 Å². The lowest BCUT2D eigenvalue weighted by Gasteiger charge is -2.30. The maximum Gasteiger partial charge on any atom is 0.262 e. The quantitative estimate of drug-likeness (QED) is 0.460. The first-order valence-corrected chi connectivity index (χ1v) is 11.6. The van der Waals surface area contributed by atoms with Gasteiger partial charge in [0, 0.05) is 35.4 Å². The number of hydrogen-bond donors (Lipinski definition) is 0. The van der Waals surface area contributed by atoms with E-state index in [1.54, 1.807) is 22.2 Å². The molecule has 0 spiro atoms. The first kappa shape index (κ1) is 20.4. The van der Waals surface area contributed by atoms with Crippen LogP contribution in [0.2, 0.25) is 5.02 Å². The summed E-state index contributed by atoms with van der Waals surface area (Å²) in [4.78, 5) is 26.9. The molecule has 1 aliphatic rings. The molecule has 3 heterocycles. The Labute approximate surface area is 189 Å². The largest absolute Gasteiger partial charge is 0.337 e. The Kier molecular flexibility index (Phi) is 5.42. The fraction of sp³-hybridized carbons (Fsp3) is 0.348. The monoisotopic (exact) mass is 453 g/mol. The van der Waals surface area contributed by atoms with Crippen molar-refractivity contribution >= 4 is 33.2 Å². The highest BCUT2D eigenvalue weighted by atomic mass is 35.5. The van der Waals surface area contributed by atoms with E-state index in [0.29, 0.717) is 17.6 Å². The molecule has 0 fully saturated rings. The van der Waals surface area contributed by atoms with Gasteiger partial charge in [0.25, 0.3) is 5.56 Å². The molecule has 1 aliphatic carbocycles. The number of imidazole rings is 1. The van der Waals surface area contributed by atoms with Crippen molar-refractivity contribution in [3.05, 3.63) is 80.2 Å². The fourth-order valence-electron chi connectivity index (χ4n) is 4.38. The van der Waals surface area contributed by atoms with Crippen molar-refractivity contribution in [2.45, 2.75) is 38.4 Å². The first-order valence-electron chi connectivity index (χ1n) is 10.4. The lowest BCUT2D eigenvalue weighted by molar-refractivity contribution is 0.209.